The predicted octanol–water partition coefficient (Wildman–Crippen LogP) is 2.98. The molecular formula is C14H19FINO4. The summed E-state index contributed by atoms with van der Waals surface area (Å²) < 4.78 is 32.1. The van der Waals surface area contributed by atoms with Gasteiger partial charge >= 0.3 is 0 Å². The van der Waals surface area contributed by atoms with Gasteiger partial charge in [-0.2, -0.15) is 0 Å². The molecule has 0 amide bonds. The molecule has 0 saturated heterocycles. The zero-order valence-electron chi connectivity index (χ0n) is 11.9. The van der Waals surface area contributed by atoms with Crippen molar-refractivity contribution in [3.8, 4) is 5.75 Å². The lowest BCUT2D eigenvalue weighted by Crippen LogP contribution is -2.10. The van der Waals surface area contributed by atoms with E-state index in [1.807, 2.05) is 22.9 Å². The Balaban J connectivity index is 2.08. The first-order valence-electron chi connectivity index (χ1n) is 6.57. The minimum Gasteiger partial charge on any atom is -0.488 e. The Hall–Kier alpha value is -0.930. The van der Waals surface area contributed by atoms with Gasteiger partial charge in [-0.1, -0.05) is 0 Å². The minimum atomic E-state index is -0.400. The summed E-state index contributed by atoms with van der Waals surface area (Å²) in [5.74, 6) is -0.192. The number of halogens is 2. The molecule has 0 saturated carbocycles. The first-order chi connectivity index (χ1) is 10.1. The third-order valence-electron chi connectivity index (χ3n) is 2.41. The molecule has 1 rings (SSSR count). The van der Waals surface area contributed by atoms with Crippen LogP contribution in [-0.2, 0) is 14.3 Å². The fourth-order valence-corrected chi connectivity index (χ4v) is 1.80. The zero-order valence-corrected chi connectivity index (χ0v) is 14.0. The second-order valence-corrected chi connectivity index (χ2v) is 4.85. The Morgan fingerprint density at radius 2 is 2.00 bits per heavy atom. The van der Waals surface area contributed by atoms with E-state index in [1.54, 1.807) is 12.1 Å². The molecule has 118 valence electrons. The summed E-state index contributed by atoms with van der Waals surface area (Å²) in [4.78, 5) is 10.6. The maximum atomic E-state index is 13.4. The van der Waals surface area contributed by atoms with Crippen LogP contribution in [0.2, 0.25) is 0 Å². The summed E-state index contributed by atoms with van der Waals surface area (Å²) >= 11 is 1.97. The Labute approximate surface area is 137 Å². The number of ether oxygens (including phenoxy) is 3. The quantitative estimate of drug-likeness (QED) is 0.345. The number of anilines is 1. The standard InChI is InChI=1S/C14H19FINO4/c1-11(18)10-20-6-2-5-19-7-8-21-14-9-12(17-16)3-4-13(14)15/h3-4,9,17H,2,5-8,10H2,1H3. The van der Waals surface area contributed by atoms with Crippen molar-refractivity contribution in [2.75, 3.05) is 36.6 Å². The van der Waals surface area contributed by atoms with E-state index < -0.39 is 5.82 Å². The van der Waals surface area contributed by atoms with Gasteiger partial charge in [-0.05, 0) is 25.5 Å². The number of ketones is 1. The Morgan fingerprint density at radius 3 is 2.71 bits per heavy atom. The summed E-state index contributed by atoms with van der Waals surface area (Å²) in [6.07, 6.45) is 0.704. The summed E-state index contributed by atoms with van der Waals surface area (Å²) in [6, 6.07) is 4.58. The van der Waals surface area contributed by atoms with Gasteiger partial charge in [0.15, 0.2) is 17.3 Å². The number of hydrogen-bond donors (Lipinski definition) is 1. The molecule has 7 heteroatoms. The van der Waals surface area contributed by atoms with E-state index >= 15 is 0 Å². The molecule has 0 atom stereocenters. The Bertz CT molecular complexity index is 445. The maximum Gasteiger partial charge on any atom is 0.165 e. The van der Waals surface area contributed by atoms with Crippen molar-refractivity contribution in [2.24, 2.45) is 0 Å². The molecule has 21 heavy (non-hydrogen) atoms. The van der Waals surface area contributed by atoms with Crippen LogP contribution < -0.4 is 8.27 Å². The van der Waals surface area contributed by atoms with Crippen molar-refractivity contribution in [3.63, 3.8) is 0 Å². The lowest BCUT2D eigenvalue weighted by molar-refractivity contribution is -0.121. The summed E-state index contributed by atoms with van der Waals surface area (Å²) in [5, 5.41) is 0. The van der Waals surface area contributed by atoms with E-state index in [0.29, 0.717) is 26.2 Å². The molecule has 1 aromatic rings. The molecule has 0 unspecified atom stereocenters. The van der Waals surface area contributed by atoms with Crippen LogP contribution in [0, 0.1) is 5.82 Å². The highest BCUT2D eigenvalue weighted by Crippen LogP contribution is 2.22. The average molecular weight is 411 g/mol. The van der Waals surface area contributed by atoms with Gasteiger partial charge in [-0.15, -0.1) is 0 Å². The maximum absolute atomic E-state index is 13.4. The van der Waals surface area contributed by atoms with Gasteiger partial charge in [0.2, 0.25) is 0 Å². The lowest BCUT2D eigenvalue weighted by Gasteiger charge is -2.09. The third kappa shape index (κ3) is 8.18. The van der Waals surface area contributed by atoms with E-state index in [4.69, 9.17) is 14.2 Å². The van der Waals surface area contributed by atoms with Gasteiger partial charge in [0.25, 0.3) is 0 Å². The summed E-state index contributed by atoms with van der Waals surface area (Å²) in [6.45, 7) is 3.26. The molecule has 0 radical (unpaired) electrons. The molecule has 0 spiro atoms. The van der Waals surface area contributed by atoms with E-state index in [2.05, 4.69) is 3.53 Å². The first-order valence-corrected chi connectivity index (χ1v) is 7.65. The van der Waals surface area contributed by atoms with Crippen LogP contribution in [0.4, 0.5) is 10.1 Å². The van der Waals surface area contributed by atoms with Gasteiger partial charge in [-0.3, -0.25) is 4.79 Å². The molecule has 0 aliphatic rings. The predicted molar refractivity (Wildman–Crippen MR) is 86.5 cm³/mol. The van der Waals surface area contributed by atoms with Crippen molar-refractivity contribution in [3.05, 3.63) is 24.0 Å². The second kappa shape index (κ2) is 10.7. The monoisotopic (exact) mass is 411 g/mol. The van der Waals surface area contributed by atoms with Crippen LogP contribution >= 0.6 is 22.9 Å². The van der Waals surface area contributed by atoms with Gasteiger partial charge in [0.05, 0.1) is 29.5 Å². The highest BCUT2D eigenvalue weighted by Gasteiger charge is 2.04. The smallest absolute Gasteiger partial charge is 0.165 e. The van der Waals surface area contributed by atoms with Crippen LogP contribution in [-0.4, -0.2) is 38.8 Å². The summed E-state index contributed by atoms with van der Waals surface area (Å²) in [5.41, 5.74) is 0.774. The fraction of sp³-hybridized carbons (Fsp3) is 0.500. The number of rotatable bonds is 11. The molecule has 0 aliphatic carbocycles. The molecule has 1 N–H and O–H groups in total. The van der Waals surface area contributed by atoms with Gasteiger partial charge in [-0.25, -0.2) is 4.39 Å². The molecule has 0 bridgehead atoms. The minimum absolute atomic E-state index is 0.00886. The fourth-order valence-electron chi connectivity index (χ4n) is 1.46. The first kappa shape index (κ1) is 18.1. The normalized spacial score (nSPS) is 10.4. The van der Waals surface area contributed by atoms with Gasteiger partial charge < -0.3 is 17.7 Å². The van der Waals surface area contributed by atoms with Crippen LogP contribution in [0.1, 0.15) is 13.3 Å². The molecule has 0 fully saturated rings. The van der Waals surface area contributed by atoms with Gasteiger partial charge in [0, 0.05) is 25.0 Å². The third-order valence-corrected chi connectivity index (χ3v) is 3.03. The number of carbonyl (C=O) groups is 1. The van der Waals surface area contributed by atoms with Crippen LogP contribution in [0.25, 0.3) is 0 Å². The SMILES string of the molecule is CC(=O)COCCCOCCOc1cc(NI)ccc1F. The topological polar surface area (TPSA) is 56.8 Å². The van der Waals surface area contributed by atoms with Crippen molar-refractivity contribution >= 4 is 34.3 Å². The number of nitrogens with one attached hydrogen (secondary N) is 1. The molecule has 0 aromatic heterocycles. The van der Waals surface area contributed by atoms with Gasteiger partial charge in [0.1, 0.15) is 13.2 Å². The number of carbonyl (C=O) groups excluding carboxylic acids is 1. The Morgan fingerprint density at radius 1 is 1.24 bits per heavy atom. The number of Topliss-reactive ketones (excluding diaryl/α,β-unsaturated/α-hetero) is 1. The number of benzene rings is 1. The van der Waals surface area contributed by atoms with Crippen molar-refractivity contribution in [1.82, 2.24) is 0 Å². The van der Waals surface area contributed by atoms with Crippen LogP contribution in [0.5, 0.6) is 5.75 Å². The molecule has 1 aromatic carbocycles. The van der Waals surface area contributed by atoms with Crippen LogP contribution in [0.15, 0.2) is 18.2 Å². The highest BCUT2D eigenvalue weighted by atomic mass is 127. The molecule has 5 nitrogen and oxygen atoms in total. The van der Waals surface area contributed by atoms with E-state index in [9.17, 15) is 9.18 Å². The average Bonchev–Trinajstić information content (AvgIpc) is 2.47. The van der Waals surface area contributed by atoms with E-state index in [-0.39, 0.29) is 24.7 Å². The highest BCUT2D eigenvalue weighted by molar-refractivity contribution is 14.1. The van der Waals surface area contributed by atoms with Crippen molar-refractivity contribution in [2.45, 2.75) is 13.3 Å². The lowest BCUT2D eigenvalue weighted by atomic mass is 10.3. The summed E-state index contributed by atoms with van der Waals surface area (Å²) in [7, 11) is 0. The second-order valence-electron chi connectivity index (χ2n) is 4.31. The largest absolute Gasteiger partial charge is 0.488 e. The van der Waals surface area contributed by atoms with E-state index in [0.717, 1.165) is 5.69 Å². The molecule has 0 heterocycles. The van der Waals surface area contributed by atoms with E-state index in [1.165, 1.54) is 13.0 Å². The Kier molecular flexibility index (Phi) is 9.27. The van der Waals surface area contributed by atoms with Crippen molar-refractivity contribution < 1.29 is 23.4 Å². The zero-order chi connectivity index (χ0) is 15.5. The van der Waals surface area contributed by atoms with Crippen LogP contribution in [0.3, 0.4) is 0 Å². The molecule has 0 aliphatic heterocycles. The molecular weight excluding hydrogens is 392 g/mol. The van der Waals surface area contributed by atoms with Crippen molar-refractivity contribution in [1.29, 1.82) is 0 Å². The number of hydrogen-bond acceptors (Lipinski definition) is 5.